The molecule has 0 saturated heterocycles. The van der Waals surface area contributed by atoms with Crippen LogP contribution in [-0.2, 0) is 6.61 Å². The van der Waals surface area contributed by atoms with Gasteiger partial charge in [-0.25, -0.2) is 0 Å². The second-order valence-corrected chi connectivity index (χ2v) is 9.93. The first kappa shape index (κ1) is 23.7. The molecule has 6 nitrogen and oxygen atoms in total. The van der Waals surface area contributed by atoms with E-state index >= 15 is 0 Å². The number of allylic oxidation sites excluding steroid dienone is 2. The van der Waals surface area contributed by atoms with Crippen molar-refractivity contribution in [3.8, 4) is 5.75 Å². The van der Waals surface area contributed by atoms with E-state index in [4.69, 9.17) is 15.6 Å². The van der Waals surface area contributed by atoms with Gasteiger partial charge in [0.15, 0.2) is 0 Å². The lowest BCUT2D eigenvalue weighted by Gasteiger charge is -2.31. The maximum Gasteiger partial charge on any atom is 0.265 e. The Morgan fingerprint density at radius 1 is 1.06 bits per heavy atom. The molecule has 2 aromatic carbocycles. The van der Waals surface area contributed by atoms with E-state index in [0.29, 0.717) is 12.5 Å². The number of ether oxygens (including phenoxy) is 1. The zero-order valence-electron chi connectivity index (χ0n) is 20.8. The predicted octanol–water partition coefficient (Wildman–Crippen LogP) is 5.24. The smallest absolute Gasteiger partial charge is 0.265 e. The topological polar surface area (TPSA) is 63.2 Å². The van der Waals surface area contributed by atoms with Crippen LogP contribution in [0, 0.1) is 11.8 Å². The summed E-state index contributed by atoms with van der Waals surface area (Å²) in [7, 11) is 2.22. The first-order valence-corrected chi connectivity index (χ1v) is 12.7. The summed E-state index contributed by atoms with van der Waals surface area (Å²) >= 11 is 0. The van der Waals surface area contributed by atoms with Crippen LogP contribution < -0.4 is 10.6 Å². The molecule has 1 atom stereocenters. The summed E-state index contributed by atoms with van der Waals surface area (Å²) in [4.78, 5) is 12.0. The Hall–Kier alpha value is -3.06. The lowest BCUT2D eigenvalue weighted by molar-refractivity contribution is -0.750. The lowest BCUT2D eigenvalue weighted by atomic mass is 9.80. The predicted molar refractivity (Wildman–Crippen MR) is 141 cm³/mol. The van der Waals surface area contributed by atoms with Crippen LogP contribution in [0.15, 0.2) is 88.4 Å². The average Bonchev–Trinajstić information content (AvgIpc) is 3.21. The van der Waals surface area contributed by atoms with Gasteiger partial charge >= 0.3 is 0 Å². The summed E-state index contributed by atoms with van der Waals surface area (Å²) < 4.78 is 6.16. The van der Waals surface area contributed by atoms with E-state index in [1.807, 2.05) is 48.8 Å². The summed E-state index contributed by atoms with van der Waals surface area (Å²) in [6, 6.07) is 18.3. The Labute approximate surface area is 208 Å². The van der Waals surface area contributed by atoms with Crippen LogP contribution in [0.1, 0.15) is 43.7 Å². The molecule has 0 amide bonds. The number of rotatable bonds is 8. The number of hydrogen-bond acceptors (Lipinski definition) is 5. The van der Waals surface area contributed by atoms with Crippen molar-refractivity contribution in [3.05, 3.63) is 89.5 Å². The highest BCUT2D eigenvalue weighted by molar-refractivity contribution is 6.00. The second-order valence-electron chi connectivity index (χ2n) is 9.93. The third kappa shape index (κ3) is 5.01. The lowest BCUT2D eigenvalue weighted by Crippen LogP contribution is -2.53. The van der Waals surface area contributed by atoms with Crippen LogP contribution in [0.2, 0.25) is 0 Å². The Balaban J connectivity index is 1.36. The Bertz CT molecular complexity index is 1160. The maximum atomic E-state index is 6.99. The van der Waals surface area contributed by atoms with E-state index in [0.717, 1.165) is 59.4 Å². The third-order valence-electron chi connectivity index (χ3n) is 7.51. The highest BCUT2D eigenvalue weighted by atomic mass is 16.5. The molecule has 1 unspecified atom stereocenters. The molecule has 1 saturated carbocycles. The number of hydrogen-bond donors (Lipinski definition) is 1. The number of amidine groups is 1. The zero-order valence-corrected chi connectivity index (χ0v) is 20.8. The molecule has 6 heteroatoms. The molecule has 0 radical (unpaired) electrons. The minimum Gasteiger partial charge on any atom is -0.489 e. The van der Waals surface area contributed by atoms with E-state index in [2.05, 4.69) is 42.1 Å². The second kappa shape index (κ2) is 10.3. The largest absolute Gasteiger partial charge is 0.489 e. The highest BCUT2D eigenvalue weighted by Crippen LogP contribution is 2.41. The van der Waals surface area contributed by atoms with Crippen LogP contribution in [0.4, 0.5) is 0 Å². The van der Waals surface area contributed by atoms with Gasteiger partial charge in [0.25, 0.3) is 5.84 Å². The fraction of sp³-hybridized carbons (Fsp3) is 0.379. The molecule has 2 heterocycles. The number of aliphatic imine (C=N–C) groups is 2. The molecule has 1 fully saturated rings. The van der Waals surface area contributed by atoms with Crippen molar-refractivity contribution >= 4 is 12.1 Å². The van der Waals surface area contributed by atoms with E-state index in [1.165, 1.54) is 19.4 Å². The number of nitrogens with zero attached hydrogens (tertiary/aromatic N) is 4. The quantitative estimate of drug-likeness (QED) is 0.424. The van der Waals surface area contributed by atoms with Gasteiger partial charge in [0.2, 0.25) is 5.70 Å². The third-order valence-corrected chi connectivity index (χ3v) is 7.51. The summed E-state index contributed by atoms with van der Waals surface area (Å²) in [5.74, 6) is 9.81. The van der Waals surface area contributed by atoms with Crippen molar-refractivity contribution in [1.82, 2.24) is 4.90 Å². The fourth-order valence-electron chi connectivity index (χ4n) is 5.36. The standard InChI is InChI=1S/C29H36N5O/c1-3-33(2)20-22-12-14-24(15-13-22)28-27-19-31-16-17-34(27,30)29(32-28)25-10-7-11-26(18-25)35-21-23-8-5-4-6-9-23/h4-11,16-19,22,24H,3,12-15,20-21,30H2,1-2H3/q+1. The molecule has 2 aliphatic heterocycles. The van der Waals surface area contributed by atoms with E-state index in [-0.39, 0.29) is 4.59 Å². The molecule has 0 bridgehead atoms. The number of nitrogens with two attached hydrogens (primary N) is 1. The number of benzene rings is 2. The molecule has 0 spiro atoms. The van der Waals surface area contributed by atoms with Gasteiger partial charge in [-0.1, -0.05) is 43.3 Å². The molecule has 2 N–H and O–H groups in total. The van der Waals surface area contributed by atoms with Crippen LogP contribution in [0.25, 0.3) is 0 Å². The monoisotopic (exact) mass is 470 g/mol. The first-order chi connectivity index (χ1) is 17.1. The van der Waals surface area contributed by atoms with Crippen molar-refractivity contribution in [1.29, 1.82) is 0 Å². The highest BCUT2D eigenvalue weighted by Gasteiger charge is 2.46. The molecule has 35 heavy (non-hydrogen) atoms. The molecule has 0 aromatic heterocycles. The zero-order chi connectivity index (χ0) is 24.3. The van der Waals surface area contributed by atoms with Gasteiger partial charge in [-0.15, -0.1) is 4.59 Å². The van der Waals surface area contributed by atoms with Crippen LogP contribution in [0.3, 0.4) is 0 Å². The maximum absolute atomic E-state index is 6.99. The SMILES string of the molecule is CCN(C)CC1CCC(C2=C3C=NC=C[N+]3(N)C(c3cccc(OCc4ccccc4)c3)=N2)CC1. The number of quaternary nitrogens is 1. The van der Waals surface area contributed by atoms with Crippen molar-refractivity contribution in [3.63, 3.8) is 0 Å². The van der Waals surface area contributed by atoms with Crippen LogP contribution in [-0.4, -0.2) is 41.7 Å². The summed E-state index contributed by atoms with van der Waals surface area (Å²) in [6.07, 6.45) is 10.4. The van der Waals surface area contributed by atoms with Gasteiger partial charge in [-0.3, -0.25) is 4.99 Å². The van der Waals surface area contributed by atoms with Crippen molar-refractivity contribution < 1.29 is 9.33 Å². The molecular weight excluding hydrogens is 434 g/mol. The van der Waals surface area contributed by atoms with Gasteiger partial charge in [0.1, 0.15) is 24.3 Å². The Morgan fingerprint density at radius 2 is 1.86 bits per heavy atom. The minimum absolute atomic E-state index is 0.0689. The van der Waals surface area contributed by atoms with Gasteiger partial charge in [0.05, 0.1) is 18.0 Å². The van der Waals surface area contributed by atoms with Crippen LogP contribution in [0.5, 0.6) is 5.75 Å². The number of fused-ring (bicyclic) bond motifs is 1. The Kier molecular flexibility index (Phi) is 6.95. The average molecular weight is 471 g/mol. The summed E-state index contributed by atoms with van der Waals surface area (Å²) in [5, 5.41) is 0. The molecule has 182 valence electrons. The van der Waals surface area contributed by atoms with E-state index in [1.54, 1.807) is 6.20 Å². The van der Waals surface area contributed by atoms with Crippen molar-refractivity contribution in [2.75, 3.05) is 20.1 Å². The van der Waals surface area contributed by atoms with E-state index < -0.39 is 0 Å². The molecule has 1 aliphatic carbocycles. The van der Waals surface area contributed by atoms with Crippen molar-refractivity contribution in [2.45, 2.75) is 39.2 Å². The van der Waals surface area contributed by atoms with Gasteiger partial charge in [-0.05, 0) is 69.0 Å². The fourth-order valence-corrected chi connectivity index (χ4v) is 5.36. The van der Waals surface area contributed by atoms with Crippen molar-refractivity contribution in [2.24, 2.45) is 27.7 Å². The summed E-state index contributed by atoms with van der Waals surface area (Å²) in [6.45, 7) is 5.04. The normalized spacial score (nSPS) is 25.7. The van der Waals surface area contributed by atoms with Gasteiger partial charge in [-0.2, -0.15) is 10.8 Å². The molecule has 2 aromatic rings. The minimum atomic E-state index is 0.0689. The Morgan fingerprint density at radius 3 is 2.63 bits per heavy atom. The van der Waals surface area contributed by atoms with Crippen LogP contribution >= 0.6 is 0 Å². The first-order valence-electron chi connectivity index (χ1n) is 12.7. The van der Waals surface area contributed by atoms with Gasteiger partial charge < -0.3 is 9.64 Å². The van der Waals surface area contributed by atoms with Gasteiger partial charge in [0, 0.05) is 12.5 Å². The molecule has 5 rings (SSSR count). The molecule has 3 aliphatic rings. The summed E-state index contributed by atoms with van der Waals surface area (Å²) in [5.41, 5.74) is 4.21. The van der Waals surface area contributed by atoms with E-state index in [9.17, 15) is 0 Å². The molecular formula is C29H36N5O+.